The van der Waals surface area contributed by atoms with Crippen LogP contribution >= 0.6 is 11.3 Å². The highest BCUT2D eigenvalue weighted by Gasteiger charge is 2.24. The third-order valence-corrected chi connectivity index (χ3v) is 8.28. The van der Waals surface area contributed by atoms with Crippen molar-refractivity contribution in [1.29, 1.82) is 0 Å². The summed E-state index contributed by atoms with van der Waals surface area (Å²) in [6.45, 7) is 8.07. The van der Waals surface area contributed by atoms with Gasteiger partial charge in [-0.1, -0.05) is 0 Å². The van der Waals surface area contributed by atoms with Gasteiger partial charge in [-0.25, -0.2) is 9.78 Å². The number of benzene rings is 1. The van der Waals surface area contributed by atoms with Crippen LogP contribution in [0.15, 0.2) is 21.6 Å². The monoisotopic (exact) mass is 567 g/mol. The van der Waals surface area contributed by atoms with E-state index in [2.05, 4.69) is 26.7 Å². The molecule has 1 aliphatic heterocycles. The quantitative estimate of drug-likeness (QED) is 0.171. The number of unbranched alkanes of at least 4 members (excludes halogenated alkanes) is 3. The normalized spacial score (nSPS) is 13.5. The molecule has 12 heteroatoms. The lowest BCUT2D eigenvalue weighted by atomic mass is 10.0. The zero-order valence-corrected chi connectivity index (χ0v) is 24.0. The minimum absolute atomic E-state index is 0.0729. The Morgan fingerprint density at radius 1 is 1.18 bits per heavy atom. The van der Waals surface area contributed by atoms with E-state index in [1.54, 1.807) is 11.3 Å². The predicted molar refractivity (Wildman–Crippen MR) is 150 cm³/mol. The summed E-state index contributed by atoms with van der Waals surface area (Å²) in [5, 5.41) is 15.4. The van der Waals surface area contributed by atoms with E-state index in [0.717, 1.165) is 77.0 Å². The number of ether oxygens (including phenoxy) is 2. The molecule has 212 valence electrons. The van der Waals surface area contributed by atoms with Gasteiger partial charge in [0.25, 0.3) is 5.56 Å². The topological polar surface area (TPSA) is 137 Å². The van der Waals surface area contributed by atoms with Crippen LogP contribution in [0, 0.1) is 26.0 Å². The highest BCUT2D eigenvalue weighted by molar-refractivity contribution is 7.18. The van der Waals surface area contributed by atoms with Crippen LogP contribution in [0.1, 0.15) is 63.4 Å². The van der Waals surface area contributed by atoms with Gasteiger partial charge in [0.2, 0.25) is 5.69 Å². The van der Waals surface area contributed by atoms with Crippen molar-refractivity contribution in [1.82, 2.24) is 20.0 Å². The van der Waals surface area contributed by atoms with Crippen LogP contribution < -0.4 is 15.2 Å². The number of aryl methyl sites for hydroxylation is 2. The Hall–Kier alpha value is -3.77. The number of likely N-dealkylation sites (N-methyl/N-ethyl adjacent to an activating group) is 1. The first-order chi connectivity index (χ1) is 19.2. The molecule has 0 spiro atoms. The van der Waals surface area contributed by atoms with Gasteiger partial charge in [0.15, 0.2) is 0 Å². The largest absolute Gasteiger partial charge is 0.493 e. The summed E-state index contributed by atoms with van der Waals surface area (Å²) in [4.78, 5) is 37.3. The predicted octanol–water partition coefficient (Wildman–Crippen LogP) is 3.98. The van der Waals surface area contributed by atoms with E-state index < -0.39 is 5.97 Å². The van der Waals surface area contributed by atoms with Crippen molar-refractivity contribution in [3.63, 3.8) is 0 Å². The molecule has 0 saturated heterocycles. The van der Waals surface area contributed by atoms with E-state index in [1.165, 1.54) is 11.8 Å². The van der Waals surface area contributed by atoms with Crippen LogP contribution in [-0.2, 0) is 17.7 Å². The number of carbonyl (C=O) groups excluding carboxylic acids is 1. The first-order valence-corrected chi connectivity index (χ1v) is 14.3. The van der Waals surface area contributed by atoms with Crippen LogP contribution in [0.2, 0.25) is 0 Å². The molecule has 1 N–H and O–H groups in total. The number of nitrogens with one attached hydrogen (secondary N) is 1. The number of carbonyl (C=O) groups is 1. The maximum Gasteiger partial charge on any atom is 0.389 e. The molecule has 40 heavy (non-hydrogen) atoms. The third-order valence-electron chi connectivity index (χ3n) is 7.17. The van der Waals surface area contributed by atoms with Crippen LogP contribution in [0.5, 0.6) is 5.75 Å². The number of nitrogens with zero attached hydrogens (tertiary/aromatic N) is 4. The van der Waals surface area contributed by atoms with Gasteiger partial charge in [0.05, 0.1) is 23.8 Å². The van der Waals surface area contributed by atoms with E-state index in [0.29, 0.717) is 18.9 Å². The number of hydrogen-bond acceptors (Lipinski definition) is 10. The minimum Gasteiger partial charge on any atom is -0.493 e. The van der Waals surface area contributed by atoms with Crippen molar-refractivity contribution >= 4 is 27.5 Å². The molecule has 0 fully saturated rings. The second-order valence-corrected chi connectivity index (χ2v) is 11.4. The van der Waals surface area contributed by atoms with E-state index >= 15 is 0 Å². The summed E-state index contributed by atoms with van der Waals surface area (Å²) >= 11 is 1.62. The number of esters is 1. The smallest absolute Gasteiger partial charge is 0.389 e. The van der Waals surface area contributed by atoms with Crippen molar-refractivity contribution in [2.45, 2.75) is 59.4 Å². The van der Waals surface area contributed by atoms with Crippen LogP contribution in [-0.4, -0.2) is 52.8 Å². The Bertz CT molecular complexity index is 1580. The molecule has 5 rings (SSSR count). The molecule has 0 amide bonds. The van der Waals surface area contributed by atoms with Crippen LogP contribution in [0.25, 0.3) is 21.6 Å². The van der Waals surface area contributed by atoms with E-state index in [-0.39, 0.29) is 28.5 Å². The Morgan fingerprint density at radius 2 is 1.90 bits per heavy atom. The standard InChI is InChI=1S/C28H33N5O6S/c1-16-13-19(25-29-26(34)22-20-9-10-32(4)15-21(20)40-27(22)30-25)14-17(2)24(16)37-11-7-5-6-8-12-38-28(35)23-18(3)33(36)39-31-23/h13-14H,5-12,15H2,1-4H3,(H,29,30,34). The Balaban J connectivity index is 1.13. The number of aromatic nitrogens is 4. The summed E-state index contributed by atoms with van der Waals surface area (Å²) in [7, 11) is 2.10. The number of thiophene rings is 1. The SMILES string of the molecule is Cc1cc(-c2nc3sc4c(c3c(=O)[nH]2)CCN(C)C4)cc(C)c1OCCCCCCOC(=O)c1no[n+]([O-])c1C. The average Bonchev–Trinajstić information content (AvgIpc) is 3.45. The molecule has 4 heterocycles. The lowest BCUT2D eigenvalue weighted by Gasteiger charge is -2.21. The van der Waals surface area contributed by atoms with E-state index in [4.69, 9.17) is 14.5 Å². The molecule has 0 aliphatic carbocycles. The number of fused-ring (bicyclic) bond motifs is 3. The molecule has 1 aliphatic rings. The summed E-state index contributed by atoms with van der Waals surface area (Å²) in [5.41, 5.74) is 3.90. The van der Waals surface area contributed by atoms with Crippen molar-refractivity contribution < 1.29 is 23.8 Å². The third kappa shape index (κ3) is 5.73. The summed E-state index contributed by atoms with van der Waals surface area (Å²) in [5.74, 6) is 0.762. The molecular formula is C28H33N5O6S. The molecule has 11 nitrogen and oxygen atoms in total. The fourth-order valence-corrected chi connectivity index (χ4v) is 6.32. The van der Waals surface area contributed by atoms with Crippen LogP contribution in [0.3, 0.4) is 0 Å². The second kappa shape index (κ2) is 11.8. The first kappa shape index (κ1) is 27.8. The number of H-pyrrole nitrogens is 1. The Labute approximate surface area is 235 Å². The van der Waals surface area contributed by atoms with Gasteiger partial charge in [-0.05, 0) is 86.7 Å². The maximum atomic E-state index is 13.0. The van der Waals surface area contributed by atoms with E-state index in [9.17, 15) is 14.8 Å². The van der Waals surface area contributed by atoms with Crippen LogP contribution in [0.4, 0.5) is 0 Å². The number of rotatable bonds is 10. The van der Waals surface area contributed by atoms with Crippen molar-refractivity contribution in [3.05, 3.63) is 60.6 Å². The molecule has 3 aromatic heterocycles. The molecule has 1 aromatic carbocycles. The lowest BCUT2D eigenvalue weighted by Crippen LogP contribution is -2.26. The molecule has 0 saturated carbocycles. The molecular weight excluding hydrogens is 534 g/mol. The molecule has 0 radical (unpaired) electrons. The fraction of sp³-hybridized carbons (Fsp3) is 0.464. The maximum absolute atomic E-state index is 13.0. The Kier molecular flexibility index (Phi) is 8.17. The summed E-state index contributed by atoms with van der Waals surface area (Å²) < 4.78 is 15.7. The number of hydrogen-bond donors (Lipinski definition) is 1. The highest BCUT2D eigenvalue weighted by Crippen LogP contribution is 2.34. The summed E-state index contributed by atoms with van der Waals surface area (Å²) in [6, 6.07) is 4.01. The van der Waals surface area contributed by atoms with Gasteiger partial charge >= 0.3 is 11.7 Å². The van der Waals surface area contributed by atoms with Gasteiger partial charge in [-0.2, -0.15) is 0 Å². The lowest BCUT2D eigenvalue weighted by molar-refractivity contribution is -0.806. The summed E-state index contributed by atoms with van der Waals surface area (Å²) in [6.07, 6.45) is 4.23. The molecule has 4 aromatic rings. The highest BCUT2D eigenvalue weighted by atomic mass is 32.1. The van der Waals surface area contributed by atoms with Crippen molar-refractivity contribution in [3.8, 4) is 17.1 Å². The van der Waals surface area contributed by atoms with Gasteiger partial charge in [0, 0.05) is 30.5 Å². The first-order valence-electron chi connectivity index (χ1n) is 13.4. The molecule has 0 bridgehead atoms. The van der Waals surface area contributed by atoms with Gasteiger partial charge < -0.3 is 24.6 Å². The molecule has 0 atom stereocenters. The zero-order valence-electron chi connectivity index (χ0n) is 23.2. The van der Waals surface area contributed by atoms with E-state index in [1.807, 2.05) is 26.0 Å². The van der Waals surface area contributed by atoms with Gasteiger partial charge in [-0.3, -0.25) is 9.42 Å². The zero-order chi connectivity index (χ0) is 28.4. The minimum atomic E-state index is -0.657. The fourth-order valence-electron chi connectivity index (χ4n) is 5.02. The van der Waals surface area contributed by atoms with Crippen molar-refractivity contribution in [2.24, 2.45) is 0 Å². The van der Waals surface area contributed by atoms with Gasteiger partial charge in [0.1, 0.15) is 16.4 Å². The Morgan fingerprint density at radius 3 is 2.60 bits per heavy atom. The average molecular weight is 568 g/mol. The number of aromatic amines is 1. The molecule has 0 unspecified atom stereocenters. The van der Waals surface area contributed by atoms with Gasteiger partial charge in [-0.15, -0.1) is 11.3 Å². The van der Waals surface area contributed by atoms with Crippen molar-refractivity contribution in [2.75, 3.05) is 26.8 Å². The second-order valence-electron chi connectivity index (χ2n) is 10.3.